The van der Waals surface area contributed by atoms with E-state index in [1.807, 2.05) is 6.07 Å². The Bertz CT molecular complexity index is 361. The molecule has 1 aromatic heterocycles. The molecule has 0 fully saturated rings. The van der Waals surface area contributed by atoms with Gasteiger partial charge in [0.05, 0.1) is 0 Å². The van der Waals surface area contributed by atoms with Gasteiger partial charge in [0.25, 0.3) is 0 Å². The van der Waals surface area contributed by atoms with Crippen molar-refractivity contribution in [2.24, 2.45) is 0 Å². The fourth-order valence-electron chi connectivity index (χ4n) is 1.17. The maximum atomic E-state index is 12.5. The zero-order chi connectivity index (χ0) is 9.10. The Balaban J connectivity index is 2.15. The third-order valence-electron chi connectivity index (χ3n) is 1.82. The summed E-state index contributed by atoms with van der Waals surface area (Å²) in [6.45, 7) is 0. The van der Waals surface area contributed by atoms with Crippen molar-refractivity contribution in [3.8, 4) is 0 Å². The second-order valence-electron chi connectivity index (χ2n) is 2.82. The van der Waals surface area contributed by atoms with Crippen LogP contribution < -0.4 is 0 Å². The van der Waals surface area contributed by atoms with Gasteiger partial charge in [0.1, 0.15) is 11.6 Å². The largest absolute Gasteiger partial charge is 0.457 e. The van der Waals surface area contributed by atoms with E-state index in [0.29, 0.717) is 6.42 Å². The predicted octanol–water partition coefficient (Wildman–Crippen LogP) is 2.81. The molecule has 0 aliphatic carbocycles. The first-order valence-electron chi connectivity index (χ1n) is 4.04. The average Bonchev–Trinajstić information content (AvgIpc) is 2.62. The molecule has 1 nitrogen and oxygen atoms in total. The molecule has 0 N–H and O–H groups in total. The van der Waals surface area contributed by atoms with Crippen LogP contribution in [0, 0.1) is 12.1 Å². The van der Waals surface area contributed by atoms with Crippen LogP contribution in [-0.2, 0) is 6.42 Å². The minimum Gasteiger partial charge on any atom is -0.457 e. The standard InChI is InChI=1S/C11H8FO/c12-10-5-3-9(4-6-10)8-11-2-1-7-13-11/h1-6H,8H2. The van der Waals surface area contributed by atoms with E-state index >= 15 is 0 Å². The molecule has 0 aliphatic heterocycles. The fraction of sp³-hybridized carbons (Fsp3) is 0.0909. The maximum Gasteiger partial charge on any atom is 0.169 e. The summed E-state index contributed by atoms with van der Waals surface area (Å²) < 4.78 is 17.6. The molecule has 1 aromatic carbocycles. The molecule has 0 saturated carbocycles. The first-order valence-corrected chi connectivity index (χ1v) is 4.04. The number of hydrogen-bond acceptors (Lipinski definition) is 1. The molecule has 0 unspecified atom stereocenters. The van der Waals surface area contributed by atoms with Crippen LogP contribution in [0.5, 0.6) is 0 Å². The fourth-order valence-corrected chi connectivity index (χ4v) is 1.17. The Labute approximate surface area is 75.8 Å². The van der Waals surface area contributed by atoms with Gasteiger partial charge in [0, 0.05) is 6.42 Å². The van der Waals surface area contributed by atoms with Crippen LogP contribution in [-0.4, -0.2) is 0 Å². The topological polar surface area (TPSA) is 13.1 Å². The summed E-state index contributed by atoms with van der Waals surface area (Å²) in [6.07, 6.45) is 3.30. The van der Waals surface area contributed by atoms with Crippen molar-refractivity contribution in [3.05, 3.63) is 59.8 Å². The van der Waals surface area contributed by atoms with E-state index < -0.39 is 0 Å². The normalized spacial score (nSPS) is 10.2. The molecule has 2 rings (SSSR count). The molecule has 2 heteroatoms. The molecule has 0 aliphatic rings. The molecule has 1 heterocycles. The van der Waals surface area contributed by atoms with Gasteiger partial charge in [-0.2, -0.15) is 0 Å². The molecule has 0 saturated heterocycles. The van der Waals surface area contributed by atoms with Crippen molar-refractivity contribution in [1.29, 1.82) is 0 Å². The Morgan fingerprint density at radius 3 is 2.54 bits per heavy atom. The highest BCUT2D eigenvalue weighted by Crippen LogP contribution is 2.09. The van der Waals surface area contributed by atoms with Gasteiger partial charge in [-0.25, -0.2) is 4.39 Å². The highest BCUT2D eigenvalue weighted by molar-refractivity contribution is 5.20. The van der Waals surface area contributed by atoms with E-state index in [4.69, 9.17) is 4.42 Å². The van der Waals surface area contributed by atoms with E-state index in [1.54, 1.807) is 18.2 Å². The summed E-state index contributed by atoms with van der Waals surface area (Å²) >= 11 is 0. The average molecular weight is 175 g/mol. The number of benzene rings is 1. The first-order chi connectivity index (χ1) is 6.34. The molecule has 13 heavy (non-hydrogen) atoms. The highest BCUT2D eigenvalue weighted by Gasteiger charge is 1.98. The van der Waals surface area contributed by atoms with E-state index in [-0.39, 0.29) is 5.82 Å². The summed E-state index contributed by atoms with van der Waals surface area (Å²) in [7, 11) is 0. The van der Waals surface area contributed by atoms with Crippen molar-refractivity contribution in [2.75, 3.05) is 0 Å². The Morgan fingerprint density at radius 1 is 1.15 bits per heavy atom. The van der Waals surface area contributed by atoms with Gasteiger partial charge in [0.2, 0.25) is 0 Å². The SMILES string of the molecule is Fc1ccc(Cc2cc[c]o2)cc1. The van der Waals surface area contributed by atoms with Gasteiger partial charge < -0.3 is 4.42 Å². The van der Waals surface area contributed by atoms with Gasteiger partial charge >= 0.3 is 0 Å². The summed E-state index contributed by atoms with van der Waals surface area (Å²) in [5.74, 6) is 0.626. The van der Waals surface area contributed by atoms with E-state index in [2.05, 4.69) is 6.26 Å². The van der Waals surface area contributed by atoms with Crippen LogP contribution in [0.2, 0.25) is 0 Å². The lowest BCUT2D eigenvalue weighted by Gasteiger charge is -1.96. The van der Waals surface area contributed by atoms with Crippen LogP contribution in [0.15, 0.2) is 40.8 Å². The van der Waals surface area contributed by atoms with E-state index in [9.17, 15) is 4.39 Å². The molecule has 65 valence electrons. The maximum absolute atomic E-state index is 12.5. The van der Waals surface area contributed by atoms with Crippen LogP contribution in [0.4, 0.5) is 4.39 Å². The molecular formula is C11H8FO. The molecular weight excluding hydrogens is 167 g/mol. The van der Waals surface area contributed by atoms with Gasteiger partial charge in [0.15, 0.2) is 6.26 Å². The zero-order valence-electron chi connectivity index (χ0n) is 6.96. The van der Waals surface area contributed by atoms with Crippen molar-refractivity contribution in [3.63, 3.8) is 0 Å². The second-order valence-corrected chi connectivity index (χ2v) is 2.82. The smallest absolute Gasteiger partial charge is 0.169 e. The van der Waals surface area contributed by atoms with E-state index in [0.717, 1.165) is 11.3 Å². The lowest BCUT2D eigenvalue weighted by molar-refractivity contribution is 0.512. The predicted molar refractivity (Wildman–Crippen MR) is 46.8 cm³/mol. The van der Waals surface area contributed by atoms with Gasteiger partial charge in [-0.05, 0) is 29.8 Å². The molecule has 2 aromatic rings. The van der Waals surface area contributed by atoms with Crippen LogP contribution in [0.3, 0.4) is 0 Å². The minimum atomic E-state index is -0.213. The third-order valence-corrected chi connectivity index (χ3v) is 1.82. The Morgan fingerprint density at radius 2 is 1.92 bits per heavy atom. The Kier molecular flexibility index (Phi) is 2.13. The quantitative estimate of drug-likeness (QED) is 0.684. The monoisotopic (exact) mass is 175 g/mol. The third kappa shape index (κ3) is 1.96. The molecule has 0 bridgehead atoms. The van der Waals surface area contributed by atoms with Gasteiger partial charge in [-0.3, -0.25) is 0 Å². The van der Waals surface area contributed by atoms with Crippen molar-refractivity contribution >= 4 is 0 Å². The summed E-state index contributed by atoms with van der Waals surface area (Å²) in [5, 5.41) is 0. The van der Waals surface area contributed by atoms with Crippen LogP contribution in [0.25, 0.3) is 0 Å². The lowest BCUT2D eigenvalue weighted by Crippen LogP contribution is -1.85. The number of hydrogen-bond donors (Lipinski definition) is 0. The van der Waals surface area contributed by atoms with Crippen LogP contribution in [0.1, 0.15) is 11.3 Å². The van der Waals surface area contributed by atoms with Gasteiger partial charge in [-0.1, -0.05) is 12.1 Å². The second kappa shape index (κ2) is 3.44. The highest BCUT2D eigenvalue weighted by atomic mass is 19.1. The number of halogens is 1. The van der Waals surface area contributed by atoms with Crippen molar-refractivity contribution in [1.82, 2.24) is 0 Å². The lowest BCUT2D eigenvalue weighted by atomic mass is 10.1. The number of rotatable bonds is 2. The minimum absolute atomic E-state index is 0.213. The summed E-state index contributed by atoms with van der Waals surface area (Å²) in [5.41, 5.74) is 1.03. The zero-order valence-corrected chi connectivity index (χ0v) is 6.96. The van der Waals surface area contributed by atoms with E-state index in [1.165, 1.54) is 12.1 Å². The first kappa shape index (κ1) is 8.05. The number of furan rings is 1. The molecule has 0 atom stereocenters. The molecule has 1 radical (unpaired) electrons. The van der Waals surface area contributed by atoms with Gasteiger partial charge in [-0.15, -0.1) is 0 Å². The summed E-state index contributed by atoms with van der Waals surface area (Å²) in [6, 6.07) is 9.96. The van der Waals surface area contributed by atoms with Crippen molar-refractivity contribution in [2.45, 2.75) is 6.42 Å². The molecule has 0 spiro atoms. The van der Waals surface area contributed by atoms with Crippen molar-refractivity contribution < 1.29 is 8.81 Å². The molecule has 0 amide bonds. The Hall–Kier alpha value is -1.57. The summed E-state index contributed by atoms with van der Waals surface area (Å²) in [4.78, 5) is 0. The van der Waals surface area contributed by atoms with Crippen LogP contribution >= 0.6 is 0 Å².